The van der Waals surface area contributed by atoms with Gasteiger partial charge >= 0.3 is 5.97 Å². The summed E-state index contributed by atoms with van der Waals surface area (Å²) in [5, 5.41) is 10.6. The van der Waals surface area contributed by atoms with Crippen molar-refractivity contribution in [2.75, 3.05) is 7.11 Å². The lowest BCUT2D eigenvalue weighted by atomic mass is 10.2. The number of aromatic nitrogens is 2. The summed E-state index contributed by atoms with van der Waals surface area (Å²) >= 11 is 1.18. The predicted octanol–water partition coefficient (Wildman–Crippen LogP) is 1.41. The van der Waals surface area contributed by atoms with Crippen LogP contribution < -0.4 is 4.74 Å². The van der Waals surface area contributed by atoms with Crippen molar-refractivity contribution >= 4 is 23.1 Å². The van der Waals surface area contributed by atoms with E-state index in [0.29, 0.717) is 10.6 Å². The first kappa shape index (κ1) is 11.3. The molecule has 0 radical (unpaired) electrons. The van der Waals surface area contributed by atoms with E-state index in [1.165, 1.54) is 24.8 Å². The number of methoxy groups -OCH3 is 1. The number of H-pyrrole nitrogens is 1. The summed E-state index contributed by atoms with van der Waals surface area (Å²) in [5.41, 5.74) is -0.330. The average Bonchev–Trinajstić information content (AvgIpc) is 2.96. The van der Waals surface area contributed by atoms with Crippen LogP contribution in [0.2, 0.25) is 0 Å². The number of ether oxygens (including phenoxy) is 1. The molecule has 0 unspecified atom stereocenters. The minimum absolute atomic E-state index is 0.113. The topological polar surface area (TPSA) is 92.3 Å². The highest BCUT2D eigenvalue weighted by atomic mass is 32.1. The number of carbonyl (C=O) groups excluding carboxylic acids is 1. The first-order valence-corrected chi connectivity index (χ1v) is 5.46. The van der Waals surface area contributed by atoms with Gasteiger partial charge in [-0.15, -0.1) is 11.3 Å². The molecule has 0 amide bonds. The number of nitrogens with one attached hydrogen (secondary N) is 1. The number of ketones is 1. The molecule has 0 bridgehead atoms. The number of imidazole rings is 1. The van der Waals surface area contributed by atoms with Gasteiger partial charge in [0, 0.05) is 0 Å². The van der Waals surface area contributed by atoms with E-state index >= 15 is 0 Å². The van der Waals surface area contributed by atoms with Crippen LogP contribution in [0.3, 0.4) is 0 Å². The van der Waals surface area contributed by atoms with Crippen molar-refractivity contribution in [3.63, 3.8) is 0 Å². The van der Waals surface area contributed by atoms with Crippen molar-refractivity contribution in [3.8, 4) is 5.75 Å². The van der Waals surface area contributed by atoms with Gasteiger partial charge in [-0.1, -0.05) is 0 Å². The number of thiophene rings is 1. The molecule has 2 aromatic heterocycles. The van der Waals surface area contributed by atoms with Crippen LogP contribution in [0.15, 0.2) is 17.8 Å². The van der Waals surface area contributed by atoms with Crippen molar-refractivity contribution < 1.29 is 19.4 Å². The highest BCUT2D eigenvalue weighted by molar-refractivity contribution is 7.12. The second kappa shape index (κ2) is 4.38. The molecule has 17 heavy (non-hydrogen) atoms. The van der Waals surface area contributed by atoms with E-state index in [1.54, 1.807) is 11.4 Å². The number of aromatic amines is 1. The van der Waals surface area contributed by atoms with Crippen LogP contribution >= 0.6 is 11.3 Å². The van der Waals surface area contributed by atoms with Gasteiger partial charge in [-0.05, 0) is 11.4 Å². The summed E-state index contributed by atoms with van der Waals surface area (Å²) in [7, 11) is 1.45. The zero-order valence-electron chi connectivity index (χ0n) is 8.76. The third kappa shape index (κ3) is 1.92. The zero-order chi connectivity index (χ0) is 12.4. The molecule has 0 aliphatic carbocycles. The zero-order valence-corrected chi connectivity index (χ0v) is 9.58. The van der Waals surface area contributed by atoms with Crippen molar-refractivity contribution in [2.24, 2.45) is 0 Å². The Labute approximate surface area is 99.9 Å². The van der Waals surface area contributed by atoms with Gasteiger partial charge in [0.2, 0.25) is 5.78 Å². The third-order valence-corrected chi connectivity index (χ3v) is 3.02. The molecule has 0 atom stereocenters. The number of carboxylic acids is 1. The smallest absolute Gasteiger partial charge is 0.354 e. The van der Waals surface area contributed by atoms with E-state index in [4.69, 9.17) is 9.84 Å². The molecule has 0 fully saturated rings. The lowest BCUT2D eigenvalue weighted by molar-refractivity contribution is 0.0687. The first-order valence-electron chi connectivity index (χ1n) is 4.58. The molecule has 88 valence electrons. The third-order valence-electron chi connectivity index (χ3n) is 2.12. The van der Waals surface area contributed by atoms with Gasteiger partial charge < -0.3 is 14.8 Å². The molecule has 0 saturated carbocycles. The number of carboxylic acid groups (broad SMARTS) is 1. The average molecular weight is 252 g/mol. The molecule has 2 heterocycles. The second-order valence-corrected chi connectivity index (χ2v) is 3.99. The highest BCUT2D eigenvalue weighted by Crippen LogP contribution is 2.27. The number of carbonyl (C=O) groups is 2. The van der Waals surface area contributed by atoms with Crippen LogP contribution in [-0.2, 0) is 0 Å². The van der Waals surface area contributed by atoms with Crippen molar-refractivity contribution in [1.82, 2.24) is 9.97 Å². The number of rotatable bonds is 4. The fourth-order valence-corrected chi connectivity index (χ4v) is 2.16. The minimum atomic E-state index is -1.22. The largest absolute Gasteiger partial charge is 0.495 e. The van der Waals surface area contributed by atoms with Crippen molar-refractivity contribution in [3.05, 3.63) is 34.0 Å². The molecule has 0 spiro atoms. The van der Waals surface area contributed by atoms with Crippen LogP contribution in [-0.4, -0.2) is 33.9 Å². The van der Waals surface area contributed by atoms with E-state index in [-0.39, 0.29) is 11.4 Å². The first-order chi connectivity index (χ1) is 8.15. The molecule has 0 aliphatic heterocycles. The number of nitrogens with zero attached hydrogens (tertiary/aromatic N) is 1. The van der Waals surface area contributed by atoms with Gasteiger partial charge in [0.05, 0.1) is 13.4 Å². The SMILES string of the molecule is COc1ccsc1C(=O)c1nc[nH]c1C(=O)O. The van der Waals surface area contributed by atoms with E-state index in [2.05, 4.69) is 9.97 Å². The standard InChI is InChI=1S/C10H8N2O4S/c1-16-5-2-3-17-9(5)8(13)6-7(10(14)15)12-4-11-6/h2-4H,1H3,(H,11,12)(H,14,15). The van der Waals surface area contributed by atoms with Crippen LogP contribution in [0.25, 0.3) is 0 Å². The van der Waals surface area contributed by atoms with E-state index in [0.717, 1.165) is 0 Å². The van der Waals surface area contributed by atoms with Gasteiger partial charge in [0.1, 0.15) is 16.3 Å². The summed E-state index contributed by atoms with van der Waals surface area (Å²) in [5.74, 6) is -1.27. The van der Waals surface area contributed by atoms with Gasteiger partial charge in [-0.25, -0.2) is 9.78 Å². The van der Waals surface area contributed by atoms with Gasteiger partial charge in [0.25, 0.3) is 0 Å². The maximum Gasteiger partial charge on any atom is 0.354 e. The molecule has 2 aromatic rings. The van der Waals surface area contributed by atoms with Crippen molar-refractivity contribution in [2.45, 2.75) is 0 Å². The Morgan fingerprint density at radius 3 is 2.94 bits per heavy atom. The Kier molecular flexibility index (Phi) is 2.92. The Morgan fingerprint density at radius 1 is 1.53 bits per heavy atom. The molecular formula is C10H8N2O4S. The molecule has 2 rings (SSSR count). The Bertz CT molecular complexity index is 572. The van der Waals surface area contributed by atoms with Gasteiger partial charge in [0.15, 0.2) is 5.69 Å². The highest BCUT2D eigenvalue weighted by Gasteiger charge is 2.24. The summed E-state index contributed by atoms with van der Waals surface area (Å²) in [6.45, 7) is 0. The summed E-state index contributed by atoms with van der Waals surface area (Å²) < 4.78 is 5.01. The lowest BCUT2D eigenvalue weighted by Gasteiger charge is -2.00. The number of hydrogen-bond donors (Lipinski definition) is 2. The van der Waals surface area contributed by atoms with E-state index < -0.39 is 11.8 Å². The lowest BCUT2D eigenvalue weighted by Crippen LogP contribution is -2.09. The Balaban J connectivity index is 2.44. The maximum absolute atomic E-state index is 12.1. The summed E-state index contributed by atoms with van der Waals surface area (Å²) in [4.78, 5) is 29.4. The van der Waals surface area contributed by atoms with Crippen LogP contribution in [0.4, 0.5) is 0 Å². The second-order valence-electron chi connectivity index (χ2n) is 3.08. The number of hydrogen-bond acceptors (Lipinski definition) is 5. The molecule has 2 N–H and O–H groups in total. The van der Waals surface area contributed by atoms with E-state index in [1.807, 2.05) is 0 Å². The van der Waals surface area contributed by atoms with Crippen LogP contribution in [0.5, 0.6) is 5.75 Å². The maximum atomic E-state index is 12.1. The van der Waals surface area contributed by atoms with Gasteiger partial charge in [-0.3, -0.25) is 4.79 Å². The minimum Gasteiger partial charge on any atom is -0.495 e. The normalized spacial score (nSPS) is 10.2. The molecule has 6 nitrogen and oxygen atoms in total. The number of aromatic carboxylic acids is 1. The van der Waals surface area contributed by atoms with Crippen LogP contribution in [0.1, 0.15) is 25.9 Å². The molecular weight excluding hydrogens is 244 g/mol. The van der Waals surface area contributed by atoms with Gasteiger partial charge in [-0.2, -0.15) is 0 Å². The van der Waals surface area contributed by atoms with Crippen LogP contribution in [0, 0.1) is 0 Å². The Morgan fingerprint density at radius 2 is 2.29 bits per heavy atom. The molecule has 0 saturated heterocycles. The Hall–Kier alpha value is -2.15. The van der Waals surface area contributed by atoms with Crippen molar-refractivity contribution in [1.29, 1.82) is 0 Å². The summed E-state index contributed by atoms with van der Waals surface area (Å²) in [6.07, 6.45) is 1.18. The molecule has 0 aromatic carbocycles. The summed E-state index contributed by atoms with van der Waals surface area (Å²) in [6, 6.07) is 1.64. The predicted molar refractivity (Wildman–Crippen MR) is 59.9 cm³/mol. The monoisotopic (exact) mass is 252 g/mol. The molecule has 7 heteroatoms. The quantitative estimate of drug-likeness (QED) is 0.802. The fourth-order valence-electron chi connectivity index (χ4n) is 1.36. The fraction of sp³-hybridized carbons (Fsp3) is 0.100. The molecule has 0 aliphatic rings. The van der Waals surface area contributed by atoms with E-state index in [9.17, 15) is 9.59 Å².